The lowest BCUT2D eigenvalue weighted by atomic mass is 10.2. The highest BCUT2D eigenvalue weighted by atomic mass is 35.5. The van der Waals surface area contributed by atoms with Crippen molar-refractivity contribution in [1.82, 2.24) is 4.98 Å². The molecule has 0 N–H and O–H groups in total. The summed E-state index contributed by atoms with van der Waals surface area (Å²) in [5.74, 6) is 0.858. The number of thiophene rings is 1. The number of rotatable bonds is 3. The zero-order valence-corrected chi connectivity index (χ0v) is 11.0. The molecule has 1 aromatic carbocycles. The quantitative estimate of drug-likeness (QED) is 0.655. The van der Waals surface area contributed by atoms with Gasteiger partial charge in [0, 0.05) is 21.8 Å². The van der Waals surface area contributed by atoms with Crippen molar-refractivity contribution in [2.75, 3.05) is 0 Å². The van der Waals surface area contributed by atoms with Gasteiger partial charge < -0.3 is 4.74 Å². The summed E-state index contributed by atoms with van der Waals surface area (Å²) in [7, 11) is 0. The van der Waals surface area contributed by atoms with E-state index in [1.165, 1.54) is 0 Å². The van der Waals surface area contributed by atoms with E-state index in [0.717, 1.165) is 21.4 Å². The number of ether oxygens (including phenoxy) is 1. The molecule has 0 aliphatic rings. The maximum absolute atomic E-state index is 6.13. The Morgan fingerprint density at radius 1 is 1.17 bits per heavy atom. The van der Waals surface area contributed by atoms with Crippen molar-refractivity contribution in [1.29, 1.82) is 0 Å². The van der Waals surface area contributed by atoms with Gasteiger partial charge in [-0.05, 0) is 23.6 Å². The molecule has 0 unspecified atom stereocenters. The predicted molar refractivity (Wildman–Crippen MR) is 75.4 cm³/mol. The van der Waals surface area contributed by atoms with Gasteiger partial charge in [-0.3, -0.25) is 0 Å². The average Bonchev–Trinajstić information content (AvgIpc) is 2.82. The minimum atomic E-state index is 0.509. The Bertz CT molecular complexity index is 666. The van der Waals surface area contributed by atoms with Crippen molar-refractivity contribution in [3.8, 4) is 5.75 Å². The van der Waals surface area contributed by atoms with Gasteiger partial charge in [0.2, 0.25) is 0 Å². The van der Waals surface area contributed by atoms with Gasteiger partial charge in [-0.25, -0.2) is 4.98 Å². The van der Waals surface area contributed by atoms with E-state index in [-0.39, 0.29) is 0 Å². The van der Waals surface area contributed by atoms with Crippen LogP contribution in [0.4, 0.5) is 0 Å². The van der Waals surface area contributed by atoms with Crippen LogP contribution in [0.1, 0.15) is 5.56 Å². The van der Waals surface area contributed by atoms with E-state index in [9.17, 15) is 0 Å². The third-order valence-corrected chi connectivity index (χ3v) is 3.94. The molecule has 3 rings (SSSR count). The van der Waals surface area contributed by atoms with Gasteiger partial charge in [0.15, 0.2) is 0 Å². The fourth-order valence-corrected chi connectivity index (χ4v) is 3.06. The Morgan fingerprint density at radius 3 is 2.83 bits per heavy atom. The summed E-state index contributed by atoms with van der Waals surface area (Å²) in [5, 5.41) is 3.61. The van der Waals surface area contributed by atoms with Crippen LogP contribution in [0.3, 0.4) is 0 Å². The molecule has 0 saturated heterocycles. The highest BCUT2D eigenvalue weighted by Gasteiger charge is 2.09. The summed E-state index contributed by atoms with van der Waals surface area (Å²) < 4.78 is 6.87. The Morgan fingerprint density at radius 2 is 2.00 bits per heavy atom. The molecule has 0 amide bonds. The van der Waals surface area contributed by atoms with Crippen LogP contribution in [0.2, 0.25) is 5.15 Å². The second-order valence-corrected chi connectivity index (χ2v) is 5.11. The molecule has 90 valence electrons. The van der Waals surface area contributed by atoms with Crippen LogP contribution in [0.25, 0.3) is 10.1 Å². The highest BCUT2D eigenvalue weighted by molar-refractivity contribution is 7.17. The first-order chi connectivity index (χ1) is 8.84. The zero-order valence-electron chi connectivity index (χ0n) is 9.47. The molecule has 0 fully saturated rings. The van der Waals surface area contributed by atoms with Gasteiger partial charge >= 0.3 is 0 Å². The van der Waals surface area contributed by atoms with E-state index in [1.54, 1.807) is 17.5 Å². The second kappa shape index (κ2) is 4.96. The van der Waals surface area contributed by atoms with Gasteiger partial charge in [0.25, 0.3) is 0 Å². The van der Waals surface area contributed by atoms with Crippen LogP contribution in [-0.4, -0.2) is 4.98 Å². The summed E-state index contributed by atoms with van der Waals surface area (Å²) in [6.07, 6.45) is 1.73. The molecule has 2 nitrogen and oxygen atoms in total. The lowest BCUT2D eigenvalue weighted by Gasteiger charge is -2.05. The van der Waals surface area contributed by atoms with E-state index in [1.807, 2.05) is 36.4 Å². The van der Waals surface area contributed by atoms with E-state index in [0.29, 0.717) is 11.8 Å². The minimum Gasteiger partial charge on any atom is -0.489 e. The lowest BCUT2D eigenvalue weighted by molar-refractivity contribution is 0.308. The number of hydrogen-bond donors (Lipinski definition) is 0. The Labute approximate surface area is 114 Å². The van der Waals surface area contributed by atoms with Crippen molar-refractivity contribution >= 4 is 33.0 Å². The molecule has 3 aromatic rings. The summed E-state index contributed by atoms with van der Waals surface area (Å²) in [6, 6.07) is 11.7. The molecular weight excluding hydrogens is 266 g/mol. The van der Waals surface area contributed by atoms with Crippen LogP contribution in [0, 0.1) is 0 Å². The summed E-state index contributed by atoms with van der Waals surface area (Å²) in [4.78, 5) is 4.11. The van der Waals surface area contributed by atoms with Crippen molar-refractivity contribution in [3.05, 3.63) is 58.7 Å². The van der Waals surface area contributed by atoms with Crippen LogP contribution in [0.5, 0.6) is 5.75 Å². The predicted octanol–water partition coefficient (Wildman–Crippen LogP) is 4.53. The topological polar surface area (TPSA) is 22.1 Å². The molecule has 2 aromatic heterocycles. The highest BCUT2D eigenvalue weighted by Crippen LogP contribution is 2.31. The molecule has 0 saturated carbocycles. The lowest BCUT2D eigenvalue weighted by Crippen LogP contribution is -1.94. The number of fused-ring (bicyclic) bond motifs is 1. The molecular formula is C14H10ClNOS. The first kappa shape index (κ1) is 11.5. The number of aromatic nitrogens is 1. The molecule has 4 heteroatoms. The maximum atomic E-state index is 6.13. The molecule has 0 spiro atoms. The first-order valence-corrected chi connectivity index (χ1v) is 6.79. The van der Waals surface area contributed by atoms with Gasteiger partial charge in [-0.2, -0.15) is 0 Å². The number of hydrogen-bond acceptors (Lipinski definition) is 3. The fraction of sp³-hybridized carbons (Fsp3) is 0.0714. The van der Waals surface area contributed by atoms with Gasteiger partial charge in [0.1, 0.15) is 17.5 Å². The molecule has 0 bridgehead atoms. The van der Waals surface area contributed by atoms with Crippen LogP contribution >= 0.6 is 22.9 Å². The number of halogens is 1. The van der Waals surface area contributed by atoms with Crippen LogP contribution < -0.4 is 4.74 Å². The summed E-state index contributed by atoms with van der Waals surface area (Å²) >= 11 is 7.78. The number of benzene rings is 1. The number of nitrogens with zero attached hydrogens (tertiary/aromatic N) is 1. The van der Waals surface area contributed by atoms with Gasteiger partial charge in [-0.1, -0.05) is 29.8 Å². The van der Waals surface area contributed by atoms with E-state index >= 15 is 0 Å². The van der Waals surface area contributed by atoms with Crippen molar-refractivity contribution in [2.45, 2.75) is 6.61 Å². The van der Waals surface area contributed by atoms with Crippen LogP contribution in [0.15, 0.2) is 48.0 Å². The van der Waals surface area contributed by atoms with Crippen molar-refractivity contribution in [2.24, 2.45) is 0 Å². The van der Waals surface area contributed by atoms with Crippen molar-refractivity contribution in [3.63, 3.8) is 0 Å². The molecule has 0 aliphatic heterocycles. The third-order valence-electron chi connectivity index (χ3n) is 2.65. The SMILES string of the molecule is Clc1nccc2scc(COc3ccccc3)c12. The van der Waals surface area contributed by atoms with E-state index in [4.69, 9.17) is 16.3 Å². The minimum absolute atomic E-state index is 0.509. The number of pyridine rings is 1. The Hall–Kier alpha value is -1.58. The standard InChI is InChI=1S/C14H10ClNOS/c15-14-13-10(9-18-12(13)6-7-16-14)8-17-11-4-2-1-3-5-11/h1-7,9H,8H2. The molecule has 0 atom stereocenters. The number of para-hydroxylation sites is 1. The molecule has 18 heavy (non-hydrogen) atoms. The first-order valence-electron chi connectivity index (χ1n) is 5.53. The van der Waals surface area contributed by atoms with E-state index in [2.05, 4.69) is 10.4 Å². The Kier molecular flexibility index (Phi) is 3.17. The largest absolute Gasteiger partial charge is 0.489 e. The van der Waals surface area contributed by atoms with E-state index < -0.39 is 0 Å². The van der Waals surface area contributed by atoms with Crippen molar-refractivity contribution < 1.29 is 4.74 Å². The monoisotopic (exact) mass is 275 g/mol. The molecule has 2 heterocycles. The second-order valence-electron chi connectivity index (χ2n) is 3.84. The van der Waals surface area contributed by atoms with Gasteiger partial charge in [-0.15, -0.1) is 11.3 Å². The summed E-state index contributed by atoms with van der Waals surface area (Å²) in [5.41, 5.74) is 1.08. The normalized spacial score (nSPS) is 10.7. The third kappa shape index (κ3) is 2.19. The Balaban J connectivity index is 1.87. The smallest absolute Gasteiger partial charge is 0.138 e. The fourth-order valence-electron chi connectivity index (χ4n) is 1.79. The maximum Gasteiger partial charge on any atom is 0.138 e. The molecule has 0 aliphatic carbocycles. The average molecular weight is 276 g/mol. The molecule has 0 radical (unpaired) electrons. The zero-order chi connectivity index (χ0) is 12.4. The van der Waals surface area contributed by atoms with Gasteiger partial charge in [0.05, 0.1) is 0 Å². The summed E-state index contributed by atoms with van der Waals surface area (Å²) in [6.45, 7) is 0.509. The van der Waals surface area contributed by atoms with Crippen LogP contribution in [-0.2, 0) is 6.61 Å².